The minimum atomic E-state index is 0.261. The van der Waals surface area contributed by atoms with Gasteiger partial charge in [0.15, 0.2) is 5.96 Å². The Balaban J connectivity index is 1.79. The van der Waals surface area contributed by atoms with Crippen LogP contribution in [0.25, 0.3) is 0 Å². The third kappa shape index (κ3) is 4.86. The zero-order valence-electron chi connectivity index (χ0n) is 12.8. The molecule has 0 aliphatic heterocycles. The third-order valence-corrected chi connectivity index (χ3v) is 4.28. The van der Waals surface area contributed by atoms with Crippen LogP contribution in [-0.4, -0.2) is 24.5 Å². The fourth-order valence-corrected chi connectivity index (χ4v) is 2.71. The molecule has 0 radical (unpaired) electrons. The Morgan fingerprint density at radius 1 is 1.38 bits per heavy atom. The van der Waals surface area contributed by atoms with Gasteiger partial charge in [0.25, 0.3) is 0 Å². The first-order valence-electron chi connectivity index (χ1n) is 7.11. The summed E-state index contributed by atoms with van der Waals surface area (Å²) in [4.78, 5) is 9.88. The van der Waals surface area contributed by atoms with E-state index in [4.69, 9.17) is 0 Å². The summed E-state index contributed by atoms with van der Waals surface area (Å²) in [6.45, 7) is 4.98. The minimum Gasteiger partial charge on any atom is -0.356 e. The predicted octanol–water partition coefficient (Wildman–Crippen LogP) is 2.92. The molecule has 2 aromatic rings. The van der Waals surface area contributed by atoms with E-state index in [-0.39, 0.29) is 6.04 Å². The highest BCUT2D eigenvalue weighted by molar-refractivity contribution is 7.10. The van der Waals surface area contributed by atoms with Crippen molar-refractivity contribution in [2.45, 2.75) is 26.3 Å². The molecule has 2 heterocycles. The number of aliphatic imine (C=N–C) groups is 1. The maximum Gasteiger partial charge on any atom is 0.191 e. The number of hydrogen-bond acceptors (Lipinski definition) is 3. The maximum atomic E-state index is 4.31. The Morgan fingerprint density at radius 2 is 2.24 bits per heavy atom. The fourth-order valence-electron chi connectivity index (χ4n) is 1.98. The van der Waals surface area contributed by atoms with Crippen LogP contribution in [0.15, 0.2) is 40.8 Å². The molecular weight excluding hydrogens is 280 g/mol. The number of nitrogens with zero attached hydrogens (tertiary/aromatic N) is 2. The summed E-state index contributed by atoms with van der Waals surface area (Å²) in [5.41, 5.74) is 2.28. The fraction of sp³-hybridized carbons (Fsp3) is 0.375. The number of rotatable bonds is 5. The Bertz CT molecular complexity index is 560. The van der Waals surface area contributed by atoms with E-state index in [0.29, 0.717) is 0 Å². The van der Waals surface area contributed by atoms with E-state index < -0.39 is 0 Å². The quantitative estimate of drug-likeness (QED) is 0.659. The first kappa shape index (κ1) is 15.5. The monoisotopic (exact) mass is 302 g/mol. The van der Waals surface area contributed by atoms with Gasteiger partial charge in [0.1, 0.15) is 0 Å². The van der Waals surface area contributed by atoms with Crippen LogP contribution >= 0.6 is 11.3 Å². The normalized spacial score (nSPS) is 13.0. The number of nitrogens with one attached hydrogen (secondary N) is 2. The van der Waals surface area contributed by atoms with Gasteiger partial charge in [0.2, 0.25) is 0 Å². The van der Waals surface area contributed by atoms with Gasteiger partial charge in [-0.1, -0.05) is 12.1 Å². The molecule has 0 bridgehead atoms. The molecule has 0 aliphatic carbocycles. The smallest absolute Gasteiger partial charge is 0.191 e. The van der Waals surface area contributed by atoms with E-state index in [9.17, 15) is 0 Å². The molecule has 4 nitrogen and oxygen atoms in total. The van der Waals surface area contributed by atoms with E-state index in [0.717, 1.165) is 24.6 Å². The van der Waals surface area contributed by atoms with Gasteiger partial charge in [-0.3, -0.25) is 9.98 Å². The number of thiophene rings is 1. The maximum absolute atomic E-state index is 4.31. The summed E-state index contributed by atoms with van der Waals surface area (Å²) < 4.78 is 0. The van der Waals surface area contributed by atoms with Gasteiger partial charge in [0.05, 0.1) is 6.04 Å². The lowest BCUT2D eigenvalue weighted by Gasteiger charge is -2.16. The van der Waals surface area contributed by atoms with Crippen LogP contribution < -0.4 is 10.6 Å². The summed E-state index contributed by atoms with van der Waals surface area (Å²) in [5, 5.41) is 8.83. The molecule has 2 aromatic heterocycles. The van der Waals surface area contributed by atoms with Gasteiger partial charge in [0, 0.05) is 30.4 Å². The second kappa shape index (κ2) is 7.78. The largest absolute Gasteiger partial charge is 0.356 e. The average molecular weight is 302 g/mol. The van der Waals surface area contributed by atoms with Crippen molar-refractivity contribution in [1.82, 2.24) is 15.6 Å². The average Bonchev–Trinajstić information content (AvgIpc) is 3.02. The highest BCUT2D eigenvalue weighted by Gasteiger charge is 2.08. The van der Waals surface area contributed by atoms with E-state index in [2.05, 4.69) is 51.1 Å². The van der Waals surface area contributed by atoms with E-state index in [1.807, 2.05) is 19.2 Å². The van der Waals surface area contributed by atoms with Crippen LogP contribution in [0.4, 0.5) is 0 Å². The van der Waals surface area contributed by atoms with E-state index >= 15 is 0 Å². The van der Waals surface area contributed by atoms with Gasteiger partial charge in [-0.05, 0) is 43.3 Å². The summed E-state index contributed by atoms with van der Waals surface area (Å²) in [5.74, 6) is 0.830. The molecule has 5 heteroatoms. The second-order valence-corrected chi connectivity index (χ2v) is 5.92. The molecule has 112 valence electrons. The van der Waals surface area contributed by atoms with Crippen molar-refractivity contribution in [2.24, 2.45) is 4.99 Å². The third-order valence-electron chi connectivity index (χ3n) is 3.23. The van der Waals surface area contributed by atoms with Crippen LogP contribution in [0.1, 0.15) is 29.1 Å². The van der Waals surface area contributed by atoms with Gasteiger partial charge in [-0.2, -0.15) is 0 Å². The van der Waals surface area contributed by atoms with Crippen molar-refractivity contribution >= 4 is 17.3 Å². The van der Waals surface area contributed by atoms with E-state index in [1.165, 1.54) is 10.4 Å². The molecule has 0 aliphatic rings. The van der Waals surface area contributed by atoms with Crippen molar-refractivity contribution in [3.05, 3.63) is 52.0 Å². The van der Waals surface area contributed by atoms with Crippen molar-refractivity contribution in [3.63, 3.8) is 0 Å². The molecule has 0 aromatic carbocycles. The molecule has 0 saturated carbocycles. The van der Waals surface area contributed by atoms with Crippen molar-refractivity contribution in [2.75, 3.05) is 13.6 Å². The molecule has 1 atom stereocenters. The Hall–Kier alpha value is -1.88. The van der Waals surface area contributed by atoms with Crippen molar-refractivity contribution in [3.8, 4) is 0 Å². The number of hydrogen-bond donors (Lipinski definition) is 2. The lowest BCUT2D eigenvalue weighted by atomic mass is 10.2. The van der Waals surface area contributed by atoms with Crippen LogP contribution in [0.5, 0.6) is 0 Å². The zero-order valence-corrected chi connectivity index (χ0v) is 13.6. The van der Waals surface area contributed by atoms with Gasteiger partial charge >= 0.3 is 0 Å². The lowest BCUT2D eigenvalue weighted by molar-refractivity contribution is 0.695. The standard InChI is InChI=1S/C16H22N4S/c1-12-6-7-14(11-19-12)8-9-18-16(17-3)20-13(2)15-5-4-10-21-15/h4-7,10-11,13H,8-9H2,1-3H3,(H2,17,18,20). The zero-order chi connectivity index (χ0) is 15.1. The Kier molecular flexibility index (Phi) is 5.75. The topological polar surface area (TPSA) is 49.3 Å². The van der Waals surface area contributed by atoms with Crippen LogP contribution in [0, 0.1) is 6.92 Å². The molecule has 1 unspecified atom stereocenters. The summed E-state index contributed by atoms with van der Waals surface area (Å²) in [6.07, 6.45) is 2.86. The first-order valence-corrected chi connectivity index (χ1v) is 7.99. The Labute approximate surface area is 130 Å². The second-order valence-electron chi connectivity index (χ2n) is 4.94. The number of guanidine groups is 1. The highest BCUT2D eigenvalue weighted by Crippen LogP contribution is 2.17. The molecule has 2 rings (SSSR count). The minimum absolute atomic E-state index is 0.261. The number of aryl methyl sites for hydroxylation is 1. The molecular formula is C16H22N4S. The number of aromatic nitrogens is 1. The first-order chi connectivity index (χ1) is 10.2. The molecule has 21 heavy (non-hydrogen) atoms. The SMILES string of the molecule is CN=C(NCCc1ccc(C)nc1)NC(C)c1cccs1. The molecule has 0 spiro atoms. The summed E-state index contributed by atoms with van der Waals surface area (Å²) in [6, 6.07) is 8.62. The van der Waals surface area contributed by atoms with Gasteiger partial charge in [-0.15, -0.1) is 11.3 Å². The molecule has 0 amide bonds. The summed E-state index contributed by atoms with van der Waals surface area (Å²) in [7, 11) is 1.80. The predicted molar refractivity (Wildman–Crippen MR) is 89.9 cm³/mol. The molecule has 0 fully saturated rings. The van der Waals surface area contributed by atoms with Crippen molar-refractivity contribution < 1.29 is 0 Å². The molecule has 2 N–H and O–H groups in total. The van der Waals surface area contributed by atoms with Gasteiger partial charge in [-0.25, -0.2) is 0 Å². The Morgan fingerprint density at radius 3 is 2.86 bits per heavy atom. The molecule has 0 saturated heterocycles. The van der Waals surface area contributed by atoms with Crippen molar-refractivity contribution in [1.29, 1.82) is 0 Å². The lowest BCUT2D eigenvalue weighted by Crippen LogP contribution is -2.39. The van der Waals surface area contributed by atoms with Crippen LogP contribution in [-0.2, 0) is 6.42 Å². The number of pyridine rings is 1. The van der Waals surface area contributed by atoms with E-state index in [1.54, 1.807) is 18.4 Å². The summed E-state index contributed by atoms with van der Waals surface area (Å²) >= 11 is 1.75. The van der Waals surface area contributed by atoms with Crippen LogP contribution in [0.3, 0.4) is 0 Å². The van der Waals surface area contributed by atoms with Gasteiger partial charge < -0.3 is 10.6 Å². The van der Waals surface area contributed by atoms with Crippen LogP contribution in [0.2, 0.25) is 0 Å². The highest BCUT2D eigenvalue weighted by atomic mass is 32.1.